The van der Waals surface area contributed by atoms with Crippen LogP contribution in [0.5, 0.6) is 0 Å². The number of carboxylic acid groups (broad SMARTS) is 2. The zero-order valence-corrected chi connectivity index (χ0v) is 10.2. The third kappa shape index (κ3) is 19.9. The summed E-state index contributed by atoms with van der Waals surface area (Å²) in [6, 6.07) is 0. The monoisotopic (exact) mass is 288 g/mol. The summed E-state index contributed by atoms with van der Waals surface area (Å²) in [5.41, 5.74) is 0. The molecule has 10 nitrogen and oxygen atoms in total. The minimum Gasteiger partial charge on any atom is -0.449 e. The highest BCUT2D eigenvalue weighted by molar-refractivity contribution is 7.51. The molecule has 11 heteroatoms. The average molecular weight is 288 g/mol. The molecule has 0 saturated heterocycles. The predicted molar refractivity (Wildman–Crippen MR) is 55.4 cm³/mol. The van der Waals surface area contributed by atoms with Gasteiger partial charge < -0.3 is 29.5 Å². The molecular formula is C7H13O10P. The van der Waals surface area contributed by atoms with Crippen LogP contribution < -0.4 is 0 Å². The van der Waals surface area contributed by atoms with Gasteiger partial charge in [0.1, 0.15) is 0 Å². The minimum absolute atomic E-state index is 0.0312. The number of unbranched alkanes of at least 4 members (excludes halogenated alkanes) is 1. The predicted octanol–water partition coefficient (Wildman–Crippen LogP) is 1.46. The lowest BCUT2D eigenvalue weighted by atomic mass is 10.4. The highest BCUT2D eigenvalue weighted by atomic mass is 31.2. The molecule has 0 amide bonds. The standard InChI is InChI=1S/C4H11O3P.C3H2O7/c1-2-3-4-8(5,6)7;4-1(5)9-3(8)10-2(6)7/h2-4H2,1H3,(H2,5,6,7);(H,4,5)(H,6,7). The van der Waals surface area contributed by atoms with E-state index in [0.29, 0.717) is 6.42 Å². The Morgan fingerprint density at radius 1 is 1.06 bits per heavy atom. The van der Waals surface area contributed by atoms with E-state index in [1.54, 1.807) is 0 Å². The Kier molecular flexibility index (Phi) is 9.77. The van der Waals surface area contributed by atoms with Gasteiger partial charge in [0.05, 0.1) is 0 Å². The van der Waals surface area contributed by atoms with Crippen LogP contribution >= 0.6 is 7.60 Å². The van der Waals surface area contributed by atoms with Crippen LogP contribution in [0, 0.1) is 0 Å². The van der Waals surface area contributed by atoms with Gasteiger partial charge in [0.25, 0.3) is 0 Å². The van der Waals surface area contributed by atoms with Gasteiger partial charge in [-0.2, -0.15) is 0 Å². The van der Waals surface area contributed by atoms with Crippen molar-refractivity contribution >= 4 is 26.1 Å². The molecular weight excluding hydrogens is 275 g/mol. The largest absolute Gasteiger partial charge is 0.528 e. The van der Waals surface area contributed by atoms with Gasteiger partial charge in [0.15, 0.2) is 0 Å². The summed E-state index contributed by atoms with van der Waals surface area (Å²) in [7, 11) is -3.68. The molecule has 0 heterocycles. The van der Waals surface area contributed by atoms with Crippen molar-refractivity contribution in [1.82, 2.24) is 0 Å². The first-order chi connectivity index (χ1) is 8.08. The van der Waals surface area contributed by atoms with Crippen LogP contribution in [0.3, 0.4) is 0 Å². The fourth-order valence-electron chi connectivity index (χ4n) is 0.527. The lowest BCUT2D eigenvalue weighted by molar-refractivity contribution is 0.0548. The highest BCUT2D eigenvalue weighted by Gasteiger charge is 2.13. The number of carbonyl (C=O) groups excluding carboxylic acids is 1. The van der Waals surface area contributed by atoms with Gasteiger partial charge in [-0.1, -0.05) is 13.3 Å². The van der Waals surface area contributed by atoms with Crippen LogP contribution in [-0.4, -0.2) is 44.6 Å². The smallest absolute Gasteiger partial charge is 0.449 e. The molecule has 106 valence electrons. The van der Waals surface area contributed by atoms with Gasteiger partial charge in [-0.3, -0.25) is 4.57 Å². The number of hydrogen-bond acceptors (Lipinski definition) is 6. The van der Waals surface area contributed by atoms with Gasteiger partial charge in [0, 0.05) is 6.16 Å². The van der Waals surface area contributed by atoms with Crippen LogP contribution in [0.2, 0.25) is 0 Å². The van der Waals surface area contributed by atoms with Crippen molar-refractivity contribution in [3.63, 3.8) is 0 Å². The lowest BCUT2D eigenvalue weighted by Crippen LogP contribution is -2.14. The molecule has 0 bridgehead atoms. The molecule has 0 aliphatic carbocycles. The third-order valence-corrected chi connectivity index (χ3v) is 2.04. The number of ether oxygens (including phenoxy) is 2. The number of rotatable bonds is 3. The summed E-state index contributed by atoms with van der Waals surface area (Å²) in [5.74, 6) is 0. The Morgan fingerprint density at radius 3 is 1.61 bits per heavy atom. The maximum absolute atomic E-state index is 10.1. The fraction of sp³-hybridized carbons (Fsp3) is 0.571. The Hall–Kier alpha value is -1.64. The van der Waals surface area contributed by atoms with Crippen LogP contribution in [0.15, 0.2) is 0 Å². The van der Waals surface area contributed by atoms with Crippen molar-refractivity contribution < 1.29 is 48.4 Å². The molecule has 4 N–H and O–H groups in total. The quantitative estimate of drug-likeness (QED) is 0.339. The Balaban J connectivity index is 0. The SMILES string of the molecule is CCCCP(=O)(O)O.O=C(O)OC(=O)OC(=O)O. The summed E-state index contributed by atoms with van der Waals surface area (Å²) in [6.07, 6.45) is -4.16. The second-order valence-electron chi connectivity index (χ2n) is 2.73. The molecule has 0 spiro atoms. The molecule has 0 saturated carbocycles. The van der Waals surface area contributed by atoms with Crippen LogP contribution in [0.4, 0.5) is 14.4 Å². The van der Waals surface area contributed by atoms with Crippen molar-refractivity contribution in [2.45, 2.75) is 19.8 Å². The first-order valence-electron chi connectivity index (χ1n) is 4.48. The van der Waals surface area contributed by atoms with E-state index in [4.69, 9.17) is 20.0 Å². The topological polar surface area (TPSA) is 168 Å². The van der Waals surface area contributed by atoms with Gasteiger partial charge >= 0.3 is 26.1 Å². The van der Waals surface area contributed by atoms with E-state index in [0.717, 1.165) is 6.42 Å². The molecule has 0 aliphatic heterocycles. The Bertz CT molecular complexity index is 313. The maximum Gasteiger partial charge on any atom is 0.528 e. The second-order valence-corrected chi connectivity index (χ2v) is 4.50. The summed E-state index contributed by atoms with van der Waals surface area (Å²) >= 11 is 0. The number of carbonyl (C=O) groups is 3. The minimum atomic E-state index is -3.68. The van der Waals surface area contributed by atoms with E-state index >= 15 is 0 Å². The summed E-state index contributed by atoms with van der Waals surface area (Å²) < 4.78 is 16.6. The molecule has 0 aliphatic rings. The Labute approximate surface area is 101 Å². The van der Waals surface area contributed by atoms with Crippen LogP contribution in [0.25, 0.3) is 0 Å². The van der Waals surface area contributed by atoms with E-state index in [2.05, 4.69) is 9.47 Å². The van der Waals surface area contributed by atoms with Crippen molar-refractivity contribution in [3.8, 4) is 0 Å². The summed E-state index contributed by atoms with van der Waals surface area (Å²) in [4.78, 5) is 45.3. The van der Waals surface area contributed by atoms with Gasteiger partial charge in [-0.15, -0.1) is 0 Å². The molecule has 0 unspecified atom stereocenters. The molecule has 0 aromatic rings. The van der Waals surface area contributed by atoms with Crippen molar-refractivity contribution in [3.05, 3.63) is 0 Å². The summed E-state index contributed by atoms with van der Waals surface area (Å²) in [5, 5.41) is 15.4. The molecule has 0 radical (unpaired) electrons. The molecule has 18 heavy (non-hydrogen) atoms. The molecule has 0 fully saturated rings. The lowest BCUT2D eigenvalue weighted by Gasteiger charge is -1.98. The van der Waals surface area contributed by atoms with E-state index < -0.39 is 26.1 Å². The highest BCUT2D eigenvalue weighted by Crippen LogP contribution is 2.35. The van der Waals surface area contributed by atoms with Gasteiger partial charge in [-0.25, -0.2) is 14.4 Å². The molecule has 0 atom stereocenters. The summed E-state index contributed by atoms with van der Waals surface area (Å²) in [6.45, 7) is 1.90. The zero-order valence-electron chi connectivity index (χ0n) is 9.31. The van der Waals surface area contributed by atoms with Gasteiger partial charge in [0.2, 0.25) is 0 Å². The average Bonchev–Trinajstić information content (AvgIpc) is 2.11. The Morgan fingerprint density at radius 2 is 1.44 bits per heavy atom. The van der Waals surface area contributed by atoms with E-state index in [1.165, 1.54) is 0 Å². The fourth-order valence-corrected chi connectivity index (χ4v) is 1.26. The molecule has 0 aromatic heterocycles. The first-order valence-corrected chi connectivity index (χ1v) is 6.28. The van der Waals surface area contributed by atoms with Gasteiger partial charge in [-0.05, 0) is 6.42 Å². The zero-order chi connectivity index (χ0) is 14.8. The first kappa shape index (κ1) is 18.7. The van der Waals surface area contributed by atoms with E-state index in [9.17, 15) is 18.9 Å². The van der Waals surface area contributed by atoms with Crippen molar-refractivity contribution in [1.29, 1.82) is 0 Å². The third-order valence-electron chi connectivity index (χ3n) is 1.14. The van der Waals surface area contributed by atoms with E-state index in [1.807, 2.05) is 6.92 Å². The van der Waals surface area contributed by atoms with Crippen molar-refractivity contribution in [2.75, 3.05) is 6.16 Å². The van der Waals surface area contributed by atoms with Crippen LogP contribution in [0.1, 0.15) is 19.8 Å². The number of hydrogen-bond donors (Lipinski definition) is 4. The second kappa shape index (κ2) is 9.40. The molecule has 0 rings (SSSR count). The normalized spacial score (nSPS) is 9.72. The van der Waals surface area contributed by atoms with E-state index in [-0.39, 0.29) is 6.16 Å². The molecule has 0 aromatic carbocycles. The van der Waals surface area contributed by atoms with Crippen LogP contribution in [-0.2, 0) is 14.0 Å². The maximum atomic E-state index is 10.1. The van der Waals surface area contributed by atoms with Crippen molar-refractivity contribution in [2.24, 2.45) is 0 Å².